The van der Waals surface area contributed by atoms with E-state index in [0.29, 0.717) is 10.0 Å². The normalized spacial score (nSPS) is 10.5. The summed E-state index contributed by atoms with van der Waals surface area (Å²) in [6, 6.07) is 40.9. The minimum Gasteiger partial charge on any atom is -0.665 e. The quantitative estimate of drug-likeness (QED) is 0.164. The number of rotatable bonds is 7. The molecule has 0 aliphatic carbocycles. The van der Waals surface area contributed by atoms with E-state index in [1.807, 2.05) is 117 Å². The van der Waals surface area contributed by atoms with Crippen molar-refractivity contribution in [3.8, 4) is 39.5 Å². The number of methoxy groups -OCH3 is 2. The standard InChI is InChI=1S/C20H18O3.C10H12.C6H3Cl2N.C6H8N.Mo/c1-22-18-12-5-3-8-14(18)16-10-7-11-17(20(16)21)15-9-4-6-13-19(15)23-2;1-10(2,3)9-7-5-4-6-8-9;7-4-2-1-3-5(8)6(4)9;1-5-3-4-6(2)7-5;/h3-13,21H,1-2H3;1,4-8H,2-3H3;1-3H;3-4H,1-2H3;/q;;;-1;. The minimum absolute atomic E-state index is 0.0146. The molecule has 5 aromatic carbocycles. The third kappa shape index (κ3) is 10.4. The van der Waals surface area contributed by atoms with Crippen LogP contribution in [0, 0.1) is 13.8 Å². The van der Waals surface area contributed by atoms with E-state index in [1.54, 1.807) is 14.2 Å². The van der Waals surface area contributed by atoms with Crippen LogP contribution >= 0.6 is 23.2 Å². The molecule has 0 spiro atoms. The summed E-state index contributed by atoms with van der Waals surface area (Å²) in [5, 5.41) is 12.1. The Morgan fingerprint density at radius 2 is 1.06 bits per heavy atom. The minimum atomic E-state index is -0.662. The van der Waals surface area contributed by atoms with Crippen LogP contribution in [0.2, 0.25) is 10.0 Å². The Morgan fingerprint density at radius 1 is 0.620 bits per heavy atom. The van der Waals surface area contributed by atoms with Crippen molar-refractivity contribution in [3.63, 3.8) is 0 Å². The molecule has 0 saturated carbocycles. The zero-order valence-corrected chi connectivity index (χ0v) is 32.5. The number of hydrogen-bond donors (Lipinski definition) is 1. The molecule has 1 aromatic heterocycles. The number of aryl methyl sites for hydroxylation is 2. The Hall–Kier alpha value is -4.28. The number of ether oxygens (including phenoxy) is 2. The maximum atomic E-state index is 10.8. The van der Waals surface area contributed by atoms with Crippen LogP contribution in [0.1, 0.15) is 30.8 Å². The van der Waals surface area contributed by atoms with Crippen molar-refractivity contribution in [2.75, 3.05) is 14.2 Å². The number of para-hydroxylation sites is 3. The molecular formula is C42H41Cl2MoN2O3-. The van der Waals surface area contributed by atoms with Crippen LogP contribution in [-0.4, -0.2) is 23.7 Å². The number of halogens is 2. The number of benzene rings is 5. The van der Waals surface area contributed by atoms with E-state index in [2.05, 4.69) is 51.0 Å². The van der Waals surface area contributed by atoms with Crippen LogP contribution in [-0.2, 0) is 23.3 Å². The topological polar surface area (TPSA) is 65.2 Å². The van der Waals surface area contributed by atoms with E-state index < -0.39 is 17.9 Å². The summed E-state index contributed by atoms with van der Waals surface area (Å²) in [6.45, 7) is 8.40. The van der Waals surface area contributed by atoms with E-state index >= 15 is 0 Å². The number of aromatic nitrogens is 1. The van der Waals surface area contributed by atoms with Crippen molar-refractivity contribution < 1.29 is 32.5 Å². The first-order valence-electron chi connectivity index (χ1n) is 15.9. The maximum absolute atomic E-state index is 10.8. The van der Waals surface area contributed by atoms with Gasteiger partial charge in [0.1, 0.15) is 17.2 Å². The first kappa shape index (κ1) is 38.5. The second-order valence-electron chi connectivity index (χ2n) is 11.8. The van der Waals surface area contributed by atoms with Crippen molar-refractivity contribution >= 4 is 33.3 Å². The van der Waals surface area contributed by atoms with E-state index in [9.17, 15) is 5.11 Å². The molecule has 1 N–H and O–H groups in total. The average molecular weight is 789 g/mol. The third-order valence-electron chi connectivity index (χ3n) is 7.70. The summed E-state index contributed by atoms with van der Waals surface area (Å²) in [5.74, 6) is 1.65. The van der Waals surface area contributed by atoms with Crippen LogP contribution in [0.4, 0.5) is 5.69 Å². The van der Waals surface area contributed by atoms with Gasteiger partial charge in [0.15, 0.2) is 0 Å². The number of phenolic OH excluding ortho intramolecular Hbond substituents is 1. The molecule has 0 saturated heterocycles. The molecule has 0 fully saturated rings. The van der Waals surface area contributed by atoms with Gasteiger partial charge in [0.05, 0.1) is 14.2 Å². The maximum Gasteiger partial charge on any atom is 0.131 e. The number of phenols is 1. The summed E-state index contributed by atoms with van der Waals surface area (Å²) >= 11 is 11.6. The number of aromatic hydroxyl groups is 1. The Kier molecular flexibility index (Phi) is 14.4. The van der Waals surface area contributed by atoms with E-state index in [1.165, 1.54) is 5.56 Å². The molecule has 0 aliphatic heterocycles. The van der Waals surface area contributed by atoms with Crippen LogP contribution in [0.5, 0.6) is 17.2 Å². The predicted molar refractivity (Wildman–Crippen MR) is 205 cm³/mol. The van der Waals surface area contributed by atoms with Crippen LogP contribution in [0.3, 0.4) is 0 Å². The Balaban J connectivity index is 0.000000190. The van der Waals surface area contributed by atoms with Gasteiger partial charge in [0.2, 0.25) is 0 Å². The zero-order chi connectivity index (χ0) is 36.1. The average Bonchev–Trinajstić information content (AvgIpc) is 3.52. The Labute approximate surface area is 313 Å². The summed E-state index contributed by atoms with van der Waals surface area (Å²) < 4.78 is 17.7. The van der Waals surface area contributed by atoms with Crippen LogP contribution < -0.4 is 14.5 Å². The molecule has 5 nitrogen and oxygen atoms in total. The van der Waals surface area contributed by atoms with E-state index in [-0.39, 0.29) is 11.2 Å². The third-order valence-corrected chi connectivity index (χ3v) is 10.7. The first-order chi connectivity index (χ1) is 24.1. The molecule has 258 valence electrons. The molecule has 0 amide bonds. The van der Waals surface area contributed by atoms with Crippen molar-refractivity contribution in [1.82, 2.24) is 4.98 Å². The van der Waals surface area contributed by atoms with Crippen molar-refractivity contribution in [1.29, 1.82) is 0 Å². The second-order valence-corrected chi connectivity index (χ2v) is 14.2. The van der Waals surface area contributed by atoms with Crippen molar-refractivity contribution in [2.45, 2.75) is 33.1 Å². The van der Waals surface area contributed by atoms with E-state index in [0.717, 1.165) is 50.8 Å². The van der Waals surface area contributed by atoms with Crippen LogP contribution in [0.25, 0.3) is 22.3 Å². The van der Waals surface area contributed by atoms with Gasteiger partial charge in [-0.3, -0.25) is 0 Å². The number of nitrogens with zero attached hydrogens (tertiary/aromatic N) is 2. The predicted octanol–water partition coefficient (Wildman–Crippen LogP) is 11.7. The molecule has 0 aliphatic rings. The molecular weight excluding hydrogens is 747 g/mol. The van der Waals surface area contributed by atoms with Gasteiger partial charge in [-0.25, -0.2) is 0 Å². The fourth-order valence-electron chi connectivity index (χ4n) is 5.03. The monoisotopic (exact) mass is 789 g/mol. The molecule has 1 heterocycles. The largest absolute Gasteiger partial charge is 0.665 e. The first-order valence-corrected chi connectivity index (χ1v) is 18.7. The van der Waals surface area contributed by atoms with E-state index in [4.69, 9.17) is 32.7 Å². The van der Waals surface area contributed by atoms with Crippen LogP contribution in [0.15, 0.2) is 131 Å². The zero-order valence-electron chi connectivity index (χ0n) is 29.0. The molecule has 50 heavy (non-hydrogen) atoms. The fraction of sp³-hybridized carbons (Fsp3) is 0.167. The molecule has 0 radical (unpaired) electrons. The van der Waals surface area contributed by atoms with Gasteiger partial charge < -0.3 is 19.6 Å². The molecule has 6 rings (SSSR count). The van der Waals surface area contributed by atoms with Gasteiger partial charge in [0.25, 0.3) is 0 Å². The van der Waals surface area contributed by atoms with Gasteiger partial charge >= 0.3 is 138 Å². The Morgan fingerprint density at radius 3 is 1.52 bits per heavy atom. The summed E-state index contributed by atoms with van der Waals surface area (Å²) in [5.41, 5.74) is 7.41. The van der Waals surface area contributed by atoms with Gasteiger partial charge in [-0.1, -0.05) is 80.6 Å². The Bertz CT molecular complexity index is 1970. The van der Waals surface area contributed by atoms with Gasteiger partial charge in [-0.15, -0.1) is 0 Å². The fourth-order valence-corrected chi connectivity index (χ4v) is 7.63. The molecule has 0 unspecified atom stereocenters. The smallest absolute Gasteiger partial charge is 0.131 e. The van der Waals surface area contributed by atoms with Crippen molar-refractivity contribution in [2.24, 2.45) is 3.50 Å². The summed E-state index contributed by atoms with van der Waals surface area (Å²) in [4.78, 5) is 4.11. The molecule has 0 atom stereocenters. The molecule has 8 heteroatoms. The molecule has 0 bridgehead atoms. The van der Waals surface area contributed by atoms with Gasteiger partial charge in [-0.2, -0.15) is 11.4 Å². The second kappa shape index (κ2) is 18.6. The van der Waals surface area contributed by atoms with Crippen molar-refractivity contribution in [3.05, 3.63) is 154 Å². The van der Waals surface area contributed by atoms with Gasteiger partial charge in [-0.05, 0) is 12.1 Å². The molecule has 6 aromatic rings. The SMILES string of the molecule is CC(C)([CH]=[Mo]=[N]c1c(Cl)cccc1Cl)c1ccccc1.COc1ccccc1-c1cccc(-c2ccccc2OC)c1O.Cc1ccc(C)[n-]1. The van der Waals surface area contributed by atoms with Gasteiger partial charge in [0, 0.05) is 22.3 Å². The summed E-state index contributed by atoms with van der Waals surface area (Å²) in [6.07, 6.45) is 0. The summed E-state index contributed by atoms with van der Waals surface area (Å²) in [7, 11) is 3.25. The number of hydrogen-bond acceptors (Lipinski definition) is 4.